The molecule has 23 heavy (non-hydrogen) atoms. The molecule has 0 fully saturated rings. The van der Waals surface area contributed by atoms with Gasteiger partial charge in [-0.25, -0.2) is 9.67 Å². The monoisotopic (exact) mass is 391 g/mol. The van der Waals surface area contributed by atoms with Gasteiger partial charge in [0, 0.05) is 26.3 Å². The molecule has 0 spiro atoms. The Morgan fingerprint density at radius 2 is 1.91 bits per heavy atom. The summed E-state index contributed by atoms with van der Waals surface area (Å²) >= 11 is 3.18. The van der Waals surface area contributed by atoms with Gasteiger partial charge in [-0.15, -0.1) is 0 Å². The molecule has 0 atom stereocenters. The number of hydrogen-bond acceptors (Lipinski definition) is 5. The van der Waals surface area contributed by atoms with Crippen LogP contribution in [0.5, 0.6) is 0 Å². The van der Waals surface area contributed by atoms with Crippen LogP contribution in [0.2, 0.25) is 0 Å². The average Bonchev–Trinajstić information content (AvgIpc) is 2.51. The zero-order valence-electron chi connectivity index (χ0n) is 12.0. The highest BCUT2D eigenvalue weighted by molar-refractivity contribution is 9.10. The Morgan fingerprint density at radius 3 is 2.52 bits per heavy atom. The third kappa shape index (κ3) is 4.44. The van der Waals surface area contributed by atoms with E-state index in [1.807, 2.05) is 0 Å². The molecular formula is C13H13BrF3N5O. The first-order chi connectivity index (χ1) is 10.8. The Labute approximate surface area is 137 Å². The normalized spacial score (nSPS) is 11.3. The number of pyridine rings is 1. The van der Waals surface area contributed by atoms with Crippen LogP contribution in [0.3, 0.4) is 0 Å². The van der Waals surface area contributed by atoms with Crippen LogP contribution in [0.4, 0.5) is 24.7 Å². The summed E-state index contributed by atoms with van der Waals surface area (Å²) in [5, 5.41) is 9.75. The van der Waals surface area contributed by atoms with Crippen LogP contribution < -0.4 is 16.2 Å². The van der Waals surface area contributed by atoms with Crippen LogP contribution >= 0.6 is 15.9 Å². The van der Waals surface area contributed by atoms with Crippen molar-refractivity contribution in [3.8, 4) is 0 Å². The highest BCUT2D eigenvalue weighted by atomic mass is 79.9. The summed E-state index contributed by atoms with van der Waals surface area (Å²) in [5.74, 6) is 0.334. The molecule has 10 heteroatoms. The van der Waals surface area contributed by atoms with Crippen molar-refractivity contribution in [1.29, 1.82) is 0 Å². The smallest absolute Gasteiger partial charge is 0.381 e. The van der Waals surface area contributed by atoms with Crippen LogP contribution in [-0.2, 0) is 13.2 Å². The maximum Gasteiger partial charge on any atom is 0.417 e. The largest absolute Gasteiger partial charge is 0.417 e. The minimum atomic E-state index is -4.40. The Kier molecular flexibility index (Phi) is 5.24. The van der Waals surface area contributed by atoms with E-state index in [1.165, 1.54) is 24.0 Å². The number of aryl methyl sites for hydroxylation is 1. The molecule has 0 aliphatic carbocycles. The first-order valence-electron chi connectivity index (χ1n) is 6.52. The Morgan fingerprint density at radius 1 is 1.22 bits per heavy atom. The van der Waals surface area contributed by atoms with E-state index in [4.69, 9.17) is 0 Å². The third-order valence-corrected chi connectivity index (χ3v) is 3.68. The second kappa shape index (κ2) is 6.99. The quantitative estimate of drug-likeness (QED) is 0.766. The zero-order chi connectivity index (χ0) is 17.0. The molecule has 0 bridgehead atoms. The summed E-state index contributed by atoms with van der Waals surface area (Å²) in [6, 6.07) is 2.22. The number of nitrogens with one attached hydrogen (secondary N) is 2. The maximum absolute atomic E-state index is 12.4. The second-order valence-electron chi connectivity index (χ2n) is 4.58. The van der Waals surface area contributed by atoms with Crippen molar-refractivity contribution in [3.05, 3.63) is 44.9 Å². The van der Waals surface area contributed by atoms with Gasteiger partial charge in [-0.3, -0.25) is 4.79 Å². The first-order valence-corrected chi connectivity index (χ1v) is 7.31. The molecule has 0 saturated heterocycles. The van der Waals surface area contributed by atoms with Gasteiger partial charge in [-0.1, -0.05) is 0 Å². The van der Waals surface area contributed by atoms with Crippen LogP contribution in [0.1, 0.15) is 5.56 Å². The van der Waals surface area contributed by atoms with Crippen molar-refractivity contribution in [1.82, 2.24) is 14.8 Å². The van der Waals surface area contributed by atoms with E-state index >= 15 is 0 Å². The molecule has 0 aliphatic rings. The lowest BCUT2D eigenvalue weighted by Gasteiger charge is -2.10. The van der Waals surface area contributed by atoms with Gasteiger partial charge in [0.25, 0.3) is 5.56 Å². The van der Waals surface area contributed by atoms with Crippen molar-refractivity contribution in [3.63, 3.8) is 0 Å². The Balaban J connectivity index is 1.86. The van der Waals surface area contributed by atoms with Crippen molar-refractivity contribution in [2.75, 3.05) is 23.7 Å². The minimum Gasteiger partial charge on any atom is -0.381 e. The number of halogens is 4. The number of alkyl halides is 3. The van der Waals surface area contributed by atoms with E-state index in [0.29, 0.717) is 29.1 Å². The number of anilines is 2. The van der Waals surface area contributed by atoms with Gasteiger partial charge in [-0.2, -0.15) is 18.3 Å². The van der Waals surface area contributed by atoms with Gasteiger partial charge in [0.2, 0.25) is 0 Å². The first kappa shape index (κ1) is 17.3. The summed E-state index contributed by atoms with van der Waals surface area (Å²) in [7, 11) is 1.54. The fourth-order valence-electron chi connectivity index (χ4n) is 1.69. The van der Waals surface area contributed by atoms with E-state index in [1.54, 1.807) is 0 Å². The van der Waals surface area contributed by atoms with Gasteiger partial charge in [0.1, 0.15) is 10.3 Å². The number of nitrogens with zero attached hydrogens (tertiary/aromatic N) is 3. The SMILES string of the molecule is Cn1ncc(NCCNc2ccc(C(F)(F)F)cn2)c(Br)c1=O. The summed E-state index contributed by atoms with van der Waals surface area (Å²) in [6.07, 6.45) is -2.12. The van der Waals surface area contributed by atoms with Gasteiger partial charge in [-0.05, 0) is 28.1 Å². The van der Waals surface area contributed by atoms with Crippen LogP contribution in [0.15, 0.2) is 33.8 Å². The summed E-state index contributed by atoms with van der Waals surface area (Å²) in [6.45, 7) is 0.830. The van der Waals surface area contributed by atoms with Crippen LogP contribution in [0, 0.1) is 0 Å². The molecule has 2 aromatic rings. The molecule has 0 radical (unpaired) electrons. The van der Waals surface area contributed by atoms with Crippen LogP contribution in [-0.4, -0.2) is 27.9 Å². The molecule has 6 nitrogen and oxygen atoms in total. The van der Waals surface area contributed by atoms with Gasteiger partial charge in [0.05, 0.1) is 17.4 Å². The molecule has 2 N–H and O–H groups in total. The van der Waals surface area contributed by atoms with E-state index in [2.05, 4.69) is 36.6 Å². The van der Waals surface area contributed by atoms with Gasteiger partial charge in [0.15, 0.2) is 0 Å². The van der Waals surface area contributed by atoms with Gasteiger partial charge >= 0.3 is 6.18 Å². The molecule has 0 unspecified atom stereocenters. The molecular weight excluding hydrogens is 379 g/mol. The number of hydrogen-bond donors (Lipinski definition) is 2. The van der Waals surface area contributed by atoms with Crippen molar-refractivity contribution in [2.45, 2.75) is 6.18 Å². The molecule has 2 heterocycles. The van der Waals surface area contributed by atoms with Crippen molar-refractivity contribution in [2.24, 2.45) is 7.05 Å². The molecule has 0 saturated carbocycles. The number of aromatic nitrogens is 3. The lowest BCUT2D eigenvalue weighted by atomic mass is 10.3. The third-order valence-electron chi connectivity index (χ3n) is 2.92. The lowest BCUT2D eigenvalue weighted by Crippen LogP contribution is -2.22. The fraction of sp³-hybridized carbons (Fsp3) is 0.308. The van der Waals surface area contributed by atoms with Crippen LogP contribution in [0.25, 0.3) is 0 Å². The lowest BCUT2D eigenvalue weighted by molar-refractivity contribution is -0.137. The molecule has 0 aromatic carbocycles. The molecule has 0 aliphatic heterocycles. The van der Waals surface area contributed by atoms with E-state index in [-0.39, 0.29) is 5.56 Å². The molecule has 2 aromatic heterocycles. The van der Waals surface area contributed by atoms with Crippen molar-refractivity contribution >= 4 is 27.4 Å². The number of rotatable bonds is 5. The standard InChI is InChI=1S/C13H13BrF3N5O/c1-22-12(23)11(14)9(7-21-22)18-4-5-19-10-3-2-8(6-20-10)13(15,16)17/h2-3,6-7,18H,4-5H2,1H3,(H,19,20). The maximum atomic E-state index is 12.4. The van der Waals surface area contributed by atoms with Crippen molar-refractivity contribution < 1.29 is 13.2 Å². The Bertz CT molecular complexity index is 730. The predicted octanol–water partition coefficient (Wildman–Crippen LogP) is 2.48. The Hall–Kier alpha value is -2.10. The predicted molar refractivity (Wildman–Crippen MR) is 83.4 cm³/mol. The van der Waals surface area contributed by atoms with E-state index in [0.717, 1.165) is 12.3 Å². The summed E-state index contributed by atoms with van der Waals surface area (Å²) in [5.41, 5.74) is -0.529. The fourth-order valence-corrected chi connectivity index (χ4v) is 2.19. The van der Waals surface area contributed by atoms with Gasteiger partial charge < -0.3 is 10.6 Å². The molecule has 0 amide bonds. The molecule has 2 rings (SSSR count). The topological polar surface area (TPSA) is 71.8 Å². The highest BCUT2D eigenvalue weighted by Gasteiger charge is 2.30. The molecule has 124 valence electrons. The summed E-state index contributed by atoms with van der Waals surface area (Å²) in [4.78, 5) is 15.4. The highest BCUT2D eigenvalue weighted by Crippen LogP contribution is 2.28. The average molecular weight is 392 g/mol. The second-order valence-corrected chi connectivity index (χ2v) is 5.38. The van der Waals surface area contributed by atoms with E-state index < -0.39 is 11.7 Å². The zero-order valence-corrected chi connectivity index (χ0v) is 13.6. The van der Waals surface area contributed by atoms with E-state index in [9.17, 15) is 18.0 Å². The summed E-state index contributed by atoms with van der Waals surface area (Å²) < 4.78 is 38.8. The minimum absolute atomic E-state index is 0.271.